The molecule has 0 amide bonds. The first-order valence-electron chi connectivity index (χ1n) is 8.92. The van der Waals surface area contributed by atoms with Crippen LogP contribution in [0, 0.1) is 29.6 Å². The van der Waals surface area contributed by atoms with Crippen molar-refractivity contribution in [3.63, 3.8) is 0 Å². The summed E-state index contributed by atoms with van der Waals surface area (Å²) in [5.41, 5.74) is 4.76. The summed E-state index contributed by atoms with van der Waals surface area (Å²) in [6, 6.07) is 0. The van der Waals surface area contributed by atoms with Crippen LogP contribution in [0.1, 0.15) is 66.2 Å². The van der Waals surface area contributed by atoms with Crippen LogP contribution in [0.3, 0.4) is 0 Å². The summed E-state index contributed by atoms with van der Waals surface area (Å²) < 4.78 is 0. The van der Waals surface area contributed by atoms with Crippen molar-refractivity contribution in [3.05, 3.63) is 23.3 Å². The van der Waals surface area contributed by atoms with Crippen LogP contribution in [-0.2, 0) is 0 Å². The lowest BCUT2D eigenvalue weighted by Crippen LogP contribution is -2.19. The summed E-state index contributed by atoms with van der Waals surface area (Å²) in [5, 5.41) is 9.64. The first-order valence-corrected chi connectivity index (χ1v) is 8.92. The Balaban J connectivity index is 1.93. The zero-order chi connectivity index (χ0) is 15.6. The van der Waals surface area contributed by atoms with Crippen LogP contribution in [0.2, 0.25) is 0 Å². The Labute approximate surface area is 131 Å². The standard InChI is InChI=1S/C20H34O/c1-13(2)17-9-6-14(3)18(17)10-7-15(4)19-11-8-16(5)20(19)12-21/h13,16-17,19-21H,4,6-12H2,1-3,5H3. The highest BCUT2D eigenvalue weighted by Crippen LogP contribution is 2.44. The Morgan fingerprint density at radius 2 is 2.00 bits per heavy atom. The monoisotopic (exact) mass is 290 g/mol. The predicted octanol–water partition coefficient (Wildman–Crippen LogP) is 5.36. The van der Waals surface area contributed by atoms with Gasteiger partial charge in [0.05, 0.1) is 0 Å². The van der Waals surface area contributed by atoms with Crippen molar-refractivity contribution in [2.45, 2.75) is 66.2 Å². The van der Waals surface area contributed by atoms with E-state index in [0.717, 1.165) is 18.3 Å². The molecule has 0 heterocycles. The van der Waals surface area contributed by atoms with E-state index in [-0.39, 0.29) is 0 Å². The van der Waals surface area contributed by atoms with E-state index in [0.29, 0.717) is 24.4 Å². The van der Waals surface area contributed by atoms with E-state index in [1.807, 2.05) is 0 Å². The summed E-state index contributed by atoms with van der Waals surface area (Å²) >= 11 is 0. The Kier molecular flexibility index (Phi) is 5.71. The van der Waals surface area contributed by atoms with Gasteiger partial charge in [-0.3, -0.25) is 0 Å². The van der Waals surface area contributed by atoms with E-state index in [9.17, 15) is 5.11 Å². The Bertz CT molecular complexity index is 404. The molecule has 0 aliphatic heterocycles. The lowest BCUT2D eigenvalue weighted by atomic mass is 9.81. The largest absolute Gasteiger partial charge is 0.396 e. The SMILES string of the molecule is C=C(CCC1=C(C)CCC1C(C)C)C1CCC(C)C1CO. The maximum Gasteiger partial charge on any atom is 0.0467 e. The minimum atomic E-state index is 0.335. The van der Waals surface area contributed by atoms with Gasteiger partial charge >= 0.3 is 0 Å². The van der Waals surface area contributed by atoms with E-state index in [1.165, 1.54) is 37.7 Å². The van der Waals surface area contributed by atoms with E-state index in [4.69, 9.17) is 0 Å². The molecule has 1 saturated carbocycles. The lowest BCUT2D eigenvalue weighted by Gasteiger charge is -2.24. The van der Waals surface area contributed by atoms with Gasteiger partial charge in [0.2, 0.25) is 0 Å². The summed E-state index contributed by atoms with van der Waals surface area (Å²) in [4.78, 5) is 0. The number of hydrogen-bond donors (Lipinski definition) is 1. The van der Waals surface area contributed by atoms with Gasteiger partial charge in [0.15, 0.2) is 0 Å². The molecule has 120 valence electrons. The summed E-state index contributed by atoms with van der Waals surface area (Å²) in [5.74, 6) is 3.24. The van der Waals surface area contributed by atoms with Gasteiger partial charge < -0.3 is 5.11 Å². The predicted molar refractivity (Wildman–Crippen MR) is 91.1 cm³/mol. The van der Waals surface area contributed by atoms with E-state index in [1.54, 1.807) is 11.1 Å². The summed E-state index contributed by atoms with van der Waals surface area (Å²) in [7, 11) is 0. The van der Waals surface area contributed by atoms with Gasteiger partial charge in [-0.2, -0.15) is 0 Å². The van der Waals surface area contributed by atoms with Gasteiger partial charge in [0.1, 0.15) is 0 Å². The van der Waals surface area contributed by atoms with Crippen LogP contribution in [0.4, 0.5) is 0 Å². The first-order chi connectivity index (χ1) is 9.95. The number of allylic oxidation sites excluding steroid dienone is 3. The Hall–Kier alpha value is -0.560. The molecule has 0 aromatic heterocycles. The zero-order valence-electron chi connectivity index (χ0n) is 14.5. The summed E-state index contributed by atoms with van der Waals surface area (Å²) in [6.45, 7) is 14.1. The van der Waals surface area contributed by atoms with Gasteiger partial charge in [-0.1, -0.05) is 44.1 Å². The molecule has 0 spiro atoms. The third-order valence-electron chi connectivity index (χ3n) is 6.26. The molecular weight excluding hydrogens is 256 g/mol. The average molecular weight is 290 g/mol. The molecule has 4 unspecified atom stereocenters. The van der Waals surface area contributed by atoms with Crippen molar-refractivity contribution < 1.29 is 5.11 Å². The highest BCUT2D eigenvalue weighted by molar-refractivity contribution is 5.23. The van der Waals surface area contributed by atoms with Crippen LogP contribution in [0.25, 0.3) is 0 Å². The van der Waals surface area contributed by atoms with Gasteiger partial charge in [-0.05, 0) is 75.0 Å². The van der Waals surface area contributed by atoms with Crippen molar-refractivity contribution >= 4 is 0 Å². The molecule has 2 aliphatic rings. The molecule has 21 heavy (non-hydrogen) atoms. The second kappa shape index (κ2) is 7.13. The quantitative estimate of drug-likeness (QED) is 0.653. The number of hydrogen-bond acceptors (Lipinski definition) is 1. The van der Waals surface area contributed by atoms with Crippen molar-refractivity contribution in [2.75, 3.05) is 6.61 Å². The van der Waals surface area contributed by atoms with Crippen LogP contribution in [-0.4, -0.2) is 11.7 Å². The highest BCUT2D eigenvalue weighted by Gasteiger charge is 2.34. The minimum Gasteiger partial charge on any atom is -0.396 e. The number of aliphatic hydroxyl groups is 1. The molecule has 2 rings (SSSR count). The number of aliphatic hydroxyl groups excluding tert-OH is 1. The van der Waals surface area contributed by atoms with Crippen molar-refractivity contribution in [2.24, 2.45) is 29.6 Å². The van der Waals surface area contributed by atoms with E-state index < -0.39 is 0 Å². The minimum absolute atomic E-state index is 0.335. The Morgan fingerprint density at radius 1 is 1.29 bits per heavy atom. The molecule has 0 saturated heterocycles. The fourth-order valence-corrected chi connectivity index (χ4v) is 4.72. The molecule has 0 aromatic rings. The van der Waals surface area contributed by atoms with Crippen LogP contribution < -0.4 is 0 Å². The molecule has 0 aromatic carbocycles. The first kappa shape index (κ1) is 16.8. The maximum atomic E-state index is 9.64. The van der Waals surface area contributed by atoms with Gasteiger partial charge in [-0.25, -0.2) is 0 Å². The average Bonchev–Trinajstić information content (AvgIpc) is 2.99. The van der Waals surface area contributed by atoms with E-state index >= 15 is 0 Å². The third kappa shape index (κ3) is 3.62. The van der Waals surface area contributed by atoms with Gasteiger partial charge in [-0.15, -0.1) is 0 Å². The third-order valence-corrected chi connectivity index (χ3v) is 6.26. The molecule has 2 aliphatic carbocycles. The van der Waals surface area contributed by atoms with Crippen molar-refractivity contribution in [3.8, 4) is 0 Å². The highest BCUT2D eigenvalue weighted by atomic mass is 16.3. The number of rotatable bonds is 6. The second-order valence-corrected chi connectivity index (χ2v) is 7.86. The lowest BCUT2D eigenvalue weighted by molar-refractivity contribution is 0.177. The van der Waals surface area contributed by atoms with Crippen LogP contribution >= 0.6 is 0 Å². The fraction of sp³-hybridized carbons (Fsp3) is 0.800. The van der Waals surface area contributed by atoms with Crippen LogP contribution in [0.15, 0.2) is 23.3 Å². The molecule has 1 nitrogen and oxygen atoms in total. The van der Waals surface area contributed by atoms with Gasteiger partial charge in [0.25, 0.3) is 0 Å². The molecule has 0 radical (unpaired) electrons. The molecule has 1 heteroatoms. The molecule has 0 bridgehead atoms. The smallest absolute Gasteiger partial charge is 0.0467 e. The second-order valence-electron chi connectivity index (χ2n) is 7.86. The molecule has 4 atom stereocenters. The zero-order valence-corrected chi connectivity index (χ0v) is 14.5. The normalized spacial score (nSPS) is 33.2. The van der Waals surface area contributed by atoms with Gasteiger partial charge in [0, 0.05) is 6.61 Å². The van der Waals surface area contributed by atoms with Crippen LogP contribution in [0.5, 0.6) is 0 Å². The molecule has 1 fully saturated rings. The maximum absolute atomic E-state index is 9.64. The topological polar surface area (TPSA) is 20.2 Å². The summed E-state index contributed by atoms with van der Waals surface area (Å²) in [6.07, 6.45) is 7.47. The van der Waals surface area contributed by atoms with E-state index in [2.05, 4.69) is 34.3 Å². The van der Waals surface area contributed by atoms with Crippen molar-refractivity contribution in [1.82, 2.24) is 0 Å². The molecule has 1 N–H and O–H groups in total. The van der Waals surface area contributed by atoms with Crippen molar-refractivity contribution in [1.29, 1.82) is 0 Å². The molecular formula is C20H34O. The fourth-order valence-electron chi connectivity index (χ4n) is 4.72. The Morgan fingerprint density at radius 3 is 2.62 bits per heavy atom.